The van der Waals surface area contributed by atoms with Gasteiger partial charge in [0.15, 0.2) is 11.6 Å². The Morgan fingerprint density at radius 1 is 1.12 bits per heavy atom. The SMILES string of the molecule is C[C@H](NC(=O)CCN1C(=O)/C(=C/c2cc(-c3ccc(F)c(F)c3)cs2)SC1=S)C(=O)N[C@@H](CCC(=O)O)C(N)=O. The first-order valence-corrected chi connectivity index (χ1v) is 13.9. The number of carbonyl (C=O) groups is 5. The van der Waals surface area contributed by atoms with Gasteiger partial charge in [-0.25, -0.2) is 8.78 Å². The largest absolute Gasteiger partial charge is 0.481 e. The molecule has 5 N–H and O–H groups in total. The molecule has 2 heterocycles. The van der Waals surface area contributed by atoms with E-state index in [0.29, 0.717) is 20.9 Å². The quantitative estimate of drug-likeness (QED) is 0.211. The van der Waals surface area contributed by atoms with E-state index in [9.17, 15) is 32.8 Å². The molecule has 1 aliphatic rings. The highest BCUT2D eigenvalue weighted by Crippen LogP contribution is 2.35. The van der Waals surface area contributed by atoms with Crippen molar-refractivity contribution in [2.45, 2.75) is 38.3 Å². The van der Waals surface area contributed by atoms with Crippen LogP contribution in [0.1, 0.15) is 31.1 Å². The van der Waals surface area contributed by atoms with Crippen molar-refractivity contribution in [1.29, 1.82) is 0 Å². The molecule has 2 aromatic rings. The van der Waals surface area contributed by atoms with Crippen molar-refractivity contribution in [3.05, 3.63) is 51.1 Å². The summed E-state index contributed by atoms with van der Waals surface area (Å²) in [5.41, 5.74) is 6.34. The van der Waals surface area contributed by atoms with Crippen LogP contribution in [-0.4, -0.2) is 62.6 Å². The molecule has 0 bridgehead atoms. The molecule has 0 saturated carbocycles. The molecule has 40 heavy (non-hydrogen) atoms. The van der Waals surface area contributed by atoms with Gasteiger partial charge >= 0.3 is 5.97 Å². The van der Waals surface area contributed by atoms with Crippen LogP contribution in [0.2, 0.25) is 0 Å². The first-order valence-electron chi connectivity index (χ1n) is 11.8. The van der Waals surface area contributed by atoms with E-state index in [1.54, 1.807) is 17.5 Å². The molecule has 2 atom stereocenters. The number of carboxylic acids is 1. The topological polar surface area (TPSA) is 159 Å². The van der Waals surface area contributed by atoms with Crippen LogP contribution in [0.15, 0.2) is 34.6 Å². The Morgan fingerprint density at radius 3 is 2.50 bits per heavy atom. The minimum Gasteiger partial charge on any atom is -0.481 e. The lowest BCUT2D eigenvalue weighted by Gasteiger charge is -2.19. The van der Waals surface area contributed by atoms with Crippen molar-refractivity contribution < 1.29 is 37.9 Å². The van der Waals surface area contributed by atoms with Crippen LogP contribution in [0.3, 0.4) is 0 Å². The number of hydrogen-bond donors (Lipinski definition) is 4. The number of rotatable bonds is 12. The summed E-state index contributed by atoms with van der Waals surface area (Å²) in [7, 11) is 0. The number of hydrogen-bond acceptors (Lipinski definition) is 8. The number of benzene rings is 1. The Morgan fingerprint density at radius 2 is 1.85 bits per heavy atom. The van der Waals surface area contributed by atoms with Crippen LogP contribution in [0, 0.1) is 11.6 Å². The van der Waals surface area contributed by atoms with Crippen LogP contribution in [0.5, 0.6) is 0 Å². The summed E-state index contributed by atoms with van der Waals surface area (Å²) >= 11 is 7.65. The number of primary amides is 1. The van der Waals surface area contributed by atoms with Gasteiger partial charge in [0.2, 0.25) is 17.7 Å². The van der Waals surface area contributed by atoms with Gasteiger partial charge < -0.3 is 21.5 Å². The number of thiophene rings is 1. The van der Waals surface area contributed by atoms with E-state index in [0.717, 1.165) is 23.9 Å². The molecule has 0 unspecified atom stereocenters. The lowest BCUT2D eigenvalue weighted by molar-refractivity contribution is -0.137. The summed E-state index contributed by atoms with van der Waals surface area (Å²) in [6.07, 6.45) is 0.875. The van der Waals surface area contributed by atoms with Crippen LogP contribution in [0.25, 0.3) is 17.2 Å². The van der Waals surface area contributed by atoms with Gasteiger partial charge in [-0.3, -0.25) is 28.9 Å². The van der Waals surface area contributed by atoms with E-state index < -0.39 is 53.3 Å². The standard InChI is InChI=1S/C25H24F2N4O6S3/c1-12(23(36)30-18(22(28)35)4-5-21(33)34)29-20(32)6-7-31-24(37)19(40-25(31)38)10-15-8-14(11-39-15)13-2-3-16(26)17(27)9-13/h2-3,8-12,18H,4-7H2,1H3,(H2,28,35)(H,29,32)(H,30,36)(H,33,34)/b19-10-/t12-,18-/m0/s1. The van der Waals surface area contributed by atoms with E-state index in [4.69, 9.17) is 23.1 Å². The lowest BCUT2D eigenvalue weighted by atomic mass is 10.1. The van der Waals surface area contributed by atoms with Gasteiger partial charge in [-0.15, -0.1) is 11.3 Å². The molecule has 0 aliphatic carbocycles. The zero-order valence-electron chi connectivity index (χ0n) is 20.9. The summed E-state index contributed by atoms with van der Waals surface area (Å²) in [5, 5.41) is 15.3. The maximum Gasteiger partial charge on any atom is 0.303 e. The van der Waals surface area contributed by atoms with Crippen molar-refractivity contribution in [2.24, 2.45) is 5.73 Å². The van der Waals surface area contributed by atoms with Crippen molar-refractivity contribution >= 4 is 75.3 Å². The Kier molecular flexibility index (Phi) is 10.5. The first-order chi connectivity index (χ1) is 18.8. The summed E-state index contributed by atoms with van der Waals surface area (Å²) in [6, 6.07) is 3.04. The number of nitrogens with two attached hydrogens (primary N) is 1. The number of nitrogens with zero attached hydrogens (tertiary/aromatic N) is 1. The molecule has 15 heteroatoms. The van der Waals surface area contributed by atoms with Crippen LogP contribution in [-0.2, 0) is 24.0 Å². The third-order valence-corrected chi connectivity index (χ3v) is 7.92. The zero-order chi connectivity index (χ0) is 29.6. The van der Waals surface area contributed by atoms with Crippen LogP contribution < -0.4 is 16.4 Å². The molecular formula is C25H24F2N4O6S3. The molecule has 1 saturated heterocycles. The average Bonchev–Trinajstić information content (AvgIpc) is 3.45. The molecule has 1 aliphatic heterocycles. The van der Waals surface area contributed by atoms with Crippen molar-refractivity contribution in [3.63, 3.8) is 0 Å². The monoisotopic (exact) mass is 610 g/mol. The Balaban J connectivity index is 1.54. The Labute approximate surface area is 241 Å². The zero-order valence-corrected chi connectivity index (χ0v) is 23.4. The van der Waals surface area contributed by atoms with Gasteiger partial charge in [0.05, 0.1) is 4.91 Å². The fourth-order valence-electron chi connectivity index (χ4n) is 3.52. The van der Waals surface area contributed by atoms with Crippen LogP contribution >= 0.6 is 35.3 Å². The highest BCUT2D eigenvalue weighted by atomic mass is 32.2. The lowest BCUT2D eigenvalue weighted by Crippen LogP contribution is -2.52. The van der Waals surface area contributed by atoms with E-state index in [1.165, 1.54) is 29.2 Å². The second kappa shape index (κ2) is 13.6. The molecule has 4 amide bonds. The number of thioether (sulfide) groups is 1. The fourth-order valence-corrected chi connectivity index (χ4v) is 5.74. The summed E-state index contributed by atoms with van der Waals surface area (Å²) in [4.78, 5) is 62.1. The van der Waals surface area contributed by atoms with Gasteiger partial charge in [0.1, 0.15) is 16.4 Å². The minimum absolute atomic E-state index is 0.0464. The number of carbonyl (C=O) groups excluding carboxylic acids is 4. The van der Waals surface area contributed by atoms with E-state index in [-0.39, 0.29) is 30.1 Å². The van der Waals surface area contributed by atoms with E-state index in [2.05, 4.69) is 10.6 Å². The van der Waals surface area contributed by atoms with Gasteiger partial charge in [0, 0.05) is 24.3 Å². The Bertz CT molecular complexity index is 1400. The second-order valence-corrected chi connectivity index (χ2v) is 11.3. The molecule has 212 valence electrons. The minimum atomic E-state index is -1.21. The molecule has 10 nitrogen and oxygen atoms in total. The van der Waals surface area contributed by atoms with Crippen LogP contribution in [0.4, 0.5) is 8.78 Å². The predicted molar refractivity (Wildman–Crippen MR) is 150 cm³/mol. The third-order valence-electron chi connectivity index (χ3n) is 5.66. The van der Waals surface area contributed by atoms with Crippen molar-refractivity contribution in [3.8, 4) is 11.1 Å². The third kappa shape index (κ3) is 8.16. The molecule has 0 radical (unpaired) electrons. The normalized spacial score (nSPS) is 15.7. The highest BCUT2D eigenvalue weighted by molar-refractivity contribution is 8.26. The summed E-state index contributed by atoms with van der Waals surface area (Å²) < 4.78 is 27.0. The van der Waals surface area contributed by atoms with E-state index >= 15 is 0 Å². The van der Waals surface area contributed by atoms with Crippen molar-refractivity contribution in [1.82, 2.24) is 15.5 Å². The fraction of sp³-hybridized carbons (Fsp3) is 0.280. The number of aliphatic carboxylic acids is 1. The van der Waals surface area contributed by atoms with Gasteiger partial charge in [-0.1, -0.05) is 30.0 Å². The average molecular weight is 611 g/mol. The van der Waals surface area contributed by atoms with Gasteiger partial charge in [0.25, 0.3) is 5.91 Å². The second-order valence-electron chi connectivity index (χ2n) is 8.64. The molecule has 1 aromatic carbocycles. The van der Waals surface area contributed by atoms with Gasteiger partial charge in [-0.05, 0) is 54.1 Å². The molecule has 0 spiro atoms. The number of carboxylic acid groups (broad SMARTS) is 1. The first kappa shape index (κ1) is 30.8. The maximum absolute atomic E-state index is 13.6. The summed E-state index contributed by atoms with van der Waals surface area (Å²) in [6.45, 7) is 1.33. The number of nitrogens with one attached hydrogen (secondary N) is 2. The highest BCUT2D eigenvalue weighted by Gasteiger charge is 2.32. The maximum atomic E-state index is 13.6. The Hall–Kier alpha value is -3.69. The van der Waals surface area contributed by atoms with E-state index in [1.807, 2.05) is 0 Å². The molecule has 3 rings (SSSR count). The number of halogens is 2. The molecule has 1 aromatic heterocycles. The summed E-state index contributed by atoms with van der Waals surface area (Å²) in [5.74, 6) is -5.66. The predicted octanol–water partition coefficient (Wildman–Crippen LogP) is 2.62. The molecular weight excluding hydrogens is 586 g/mol. The number of amides is 4. The smallest absolute Gasteiger partial charge is 0.303 e. The van der Waals surface area contributed by atoms with Gasteiger partial charge in [-0.2, -0.15) is 0 Å². The van der Waals surface area contributed by atoms with Crippen molar-refractivity contribution in [2.75, 3.05) is 6.54 Å². The molecule has 1 fully saturated rings. The number of thiocarbonyl (C=S) groups is 1.